The van der Waals surface area contributed by atoms with Gasteiger partial charge in [-0.2, -0.15) is 0 Å². The molecule has 0 bridgehead atoms. The van der Waals surface area contributed by atoms with E-state index < -0.39 is 16.1 Å². The van der Waals surface area contributed by atoms with Crippen molar-refractivity contribution in [2.45, 2.75) is 77.4 Å². The number of carbonyl (C=O) groups is 2. The monoisotopic (exact) mass is 625 g/mol. The lowest BCUT2D eigenvalue weighted by molar-refractivity contribution is -0.141. The van der Waals surface area contributed by atoms with Gasteiger partial charge in [0.25, 0.3) is 0 Å². The van der Waals surface area contributed by atoms with E-state index in [1.807, 2.05) is 24.3 Å². The van der Waals surface area contributed by atoms with Crippen molar-refractivity contribution < 1.29 is 18.0 Å². The van der Waals surface area contributed by atoms with E-state index in [1.165, 1.54) is 10.7 Å². The molecule has 0 heterocycles. The van der Waals surface area contributed by atoms with Crippen LogP contribution in [0.3, 0.4) is 0 Å². The molecule has 1 aliphatic rings. The highest BCUT2D eigenvalue weighted by molar-refractivity contribution is 9.10. The molecule has 1 N–H and O–H groups in total. The molecule has 0 radical (unpaired) electrons. The maximum atomic E-state index is 13.5. The first kappa shape index (κ1) is 30.4. The lowest BCUT2D eigenvalue weighted by atomic mass is 9.95. The molecule has 0 saturated heterocycles. The molecule has 7 nitrogen and oxygen atoms in total. The second-order valence-electron chi connectivity index (χ2n) is 9.99. The third kappa shape index (κ3) is 8.45. The maximum absolute atomic E-state index is 13.5. The number of anilines is 1. The molecule has 0 unspecified atom stereocenters. The molecular formula is C28H37BrClN3O4S. The lowest BCUT2D eigenvalue weighted by Crippen LogP contribution is -2.50. The van der Waals surface area contributed by atoms with E-state index in [4.69, 9.17) is 11.6 Å². The van der Waals surface area contributed by atoms with Gasteiger partial charge >= 0.3 is 0 Å². The van der Waals surface area contributed by atoms with Gasteiger partial charge in [0.2, 0.25) is 21.8 Å². The molecule has 38 heavy (non-hydrogen) atoms. The normalized spacial score (nSPS) is 15.1. The number of nitrogens with zero attached hydrogens (tertiary/aromatic N) is 2. The van der Waals surface area contributed by atoms with E-state index >= 15 is 0 Å². The number of halogens is 2. The molecule has 1 saturated carbocycles. The number of hydrogen-bond donors (Lipinski definition) is 1. The average Bonchev–Trinajstić information content (AvgIpc) is 2.87. The highest BCUT2D eigenvalue weighted by Gasteiger charge is 2.28. The molecule has 208 valence electrons. The molecule has 0 spiro atoms. The zero-order valence-electron chi connectivity index (χ0n) is 22.3. The number of rotatable bonds is 11. The Hall–Kier alpha value is -2.10. The molecule has 1 fully saturated rings. The van der Waals surface area contributed by atoms with Crippen LogP contribution in [0.1, 0.15) is 63.0 Å². The Morgan fingerprint density at radius 1 is 1.11 bits per heavy atom. The second-order valence-corrected chi connectivity index (χ2v) is 13.2. The van der Waals surface area contributed by atoms with Gasteiger partial charge in [-0.15, -0.1) is 0 Å². The number of nitrogens with one attached hydrogen (secondary N) is 1. The Morgan fingerprint density at radius 3 is 2.39 bits per heavy atom. The van der Waals surface area contributed by atoms with Crippen molar-refractivity contribution in [3.63, 3.8) is 0 Å². The molecule has 10 heteroatoms. The first-order valence-corrected chi connectivity index (χ1v) is 16.1. The molecular weight excluding hydrogens is 590 g/mol. The number of sulfonamides is 1. The summed E-state index contributed by atoms with van der Waals surface area (Å²) in [5.74, 6) is -0.356. The number of hydrogen-bond acceptors (Lipinski definition) is 4. The van der Waals surface area contributed by atoms with Gasteiger partial charge in [-0.05, 0) is 68.5 Å². The highest BCUT2D eigenvalue weighted by atomic mass is 79.9. The predicted molar refractivity (Wildman–Crippen MR) is 157 cm³/mol. The van der Waals surface area contributed by atoms with Gasteiger partial charge in [-0.1, -0.05) is 65.0 Å². The van der Waals surface area contributed by atoms with Crippen LogP contribution in [0.15, 0.2) is 46.9 Å². The predicted octanol–water partition coefficient (Wildman–Crippen LogP) is 5.82. The minimum atomic E-state index is -3.59. The van der Waals surface area contributed by atoms with E-state index in [9.17, 15) is 18.0 Å². The van der Waals surface area contributed by atoms with E-state index in [0.717, 1.165) is 42.0 Å². The summed E-state index contributed by atoms with van der Waals surface area (Å²) < 4.78 is 27.4. The van der Waals surface area contributed by atoms with Crippen molar-refractivity contribution in [2.75, 3.05) is 17.1 Å². The van der Waals surface area contributed by atoms with Crippen LogP contribution in [0.25, 0.3) is 0 Å². The van der Waals surface area contributed by atoms with Crippen molar-refractivity contribution >= 4 is 55.1 Å². The third-order valence-corrected chi connectivity index (χ3v) is 9.16. The summed E-state index contributed by atoms with van der Waals surface area (Å²) in [6.07, 6.45) is 6.86. The molecule has 2 aromatic rings. The first-order valence-electron chi connectivity index (χ1n) is 13.0. The Morgan fingerprint density at radius 2 is 1.76 bits per heavy atom. The van der Waals surface area contributed by atoms with Crippen molar-refractivity contribution in [1.82, 2.24) is 10.2 Å². The molecule has 2 amide bonds. The molecule has 0 aromatic heterocycles. The van der Waals surface area contributed by atoms with Crippen LogP contribution >= 0.6 is 27.5 Å². The fourth-order valence-corrected chi connectivity index (χ4v) is 6.24. The Labute approximate surface area is 240 Å². The van der Waals surface area contributed by atoms with Crippen LogP contribution in [0, 0.1) is 6.92 Å². The summed E-state index contributed by atoms with van der Waals surface area (Å²) in [6, 6.07) is 12.3. The fourth-order valence-electron chi connectivity index (χ4n) is 4.79. The van der Waals surface area contributed by atoms with Crippen LogP contribution in [-0.2, 0) is 26.2 Å². The van der Waals surface area contributed by atoms with Gasteiger partial charge in [0.05, 0.1) is 11.9 Å². The fraction of sp³-hybridized carbons (Fsp3) is 0.500. The zero-order chi connectivity index (χ0) is 27.9. The summed E-state index contributed by atoms with van der Waals surface area (Å²) in [4.78, 5) is 28.2. The van der Waals surface area contributed by atoms with E-state index in [-0.39, 0.29) is 37.4 Å². The van der Waals surface area contributed by atoms with Crippen molar-refractivity contribution in [1.29, 1.82) is 0 Å². The van der Waals surface area contributed by atoms with Gasteiger partial charge in [-0.25, -0.2) is 8.42 Å². The third-order valence-electron chi connectivity index (χ3n) is 7.04. The van der Waals surface area contributed by atoms with Gasteiger partial charge in [0.15, 0.2) is 0 Å². The summed E-state index contributed by atoms with van der Waals surface area (Å²) in [7, 11) is -3.59. The van der Waals surface area contributed by atoms with Gasteiger partial charge in [-0.3, -0.25) is 13.9 Å². The summed E-state index contributed by atoms with van der Waals surface area (Å²) in [5.41, 5.74) is 2.07. The standard InChI is InChI=1S/C28H37BrClN3O4S/c1-20-25(30)11-7-12-26(20)33(38(3,36)37)18-8-13-27(34)32(19-22-14-16-23(29)17-15-22)21(2)28(35)31-24-9-5-4-6-10-24/h7,11-12,14-17,21,24H,4-6,8-10,13,18-19H2,1-3H3,(H,31,35)/t21-/m0/s1. The summed E-state index contributed by atoms with van der Waals surface area (Å²) in [6.45, 7) is 3.94. The molecule has 0 aliphatic heterocycles. The molecule has 3 rings (SSSR count). The van der Waals surface area contributed by atoms with Gasteiger partial charge in [0.1, 0.15) is 6.04 Å². The first-order chi connectivity index (χ1) is 18.0. The van der Waals surface area contributed by atoms with Crippen LogP contribution in [-0.4, -0.2) is 50.0 Å². The highest BCUT2D eigenvalue weighted by Crippen LogP contribution is 2.28. The number of benzene rings is 2. The SMILES string of the molecule is Cc1c(Cl)cccc1N(CCCC(=O)N(Cc1ccc(Br)cc1)[C@@H](C)C(=O)NC1CCCCC1)S(C)(=O)=O. The van der Waals surface area contributed by atoms with Gasteiger partial charge in [0, 0.05) is 35.0 Å². The van der Waals surface area contributed by atoms with Crippen molar-refractivity contribution in [2.24, 2.45) is 0 Å². The van der Waals surface area contributed by atoms with Gasteiger partial charge < -0.3 is 10.2 Å². The van der Waals surface area contributed by atoms with Crippen LogP contribution in [0.5, 0.6) is 0 Å². The van der Waals surface area contributed by atoms with Crippen LogP contribution < -0.4 is 9.62 Å². The number of amides is 2. The van der Waals surface area contributed by atoms with Crippen LogP contribution in [0.2, 0.25) is 5.02 Å². The molecule has 1 aliphatic carbocycles. The Balaban J connectivity index is 1.73. The van der Waals surface area contributed by atoms with E-state index in [1.54, 1.807) is 36.9 Å². The van der Waals surface area contributed by atoms with E-state index in [2.05, 4.69) is 21.2 Å². The van der Waals surface area contributed by atoms with Crippen molar-refractivity contribution in [3.05, 3.63) is 63.1 Å². The number of carbonyl (C=O) groups excluding carboxylic acids is 2. The minimum Gasteiger partial charge on any atom is -0.352 e. The summed E-state index contributed by atoms with van der Waals surface area (Å²) >= 11 is 9.67. The maximum Gasteiger partial charge on any atom is 0.242 e. The largest absolute Gasteiger partial charge is 0.352 e. The molecule has 2 aromatic carbocycles. The zero-order valence-corrected chi connectivity index (χ0v) is 25.4. The minimum absolute atomic E-state index is 0.100. The van der Waals surface area contributed by atoms with Crippen molar-refractivity contribution in [3.8, 4) is 0 Å². The van der Waals surface area contributed by atoms with Crippen LogP contribution in [0.4, 0.5) is 5.69 Å². The molecule has 1 atom stereocenters. The lowest BCUT2D eigenvalue weighted by Gasteiger charge is -2.31. The second kappa shape index (κ2) is 13.8. The average molecular weight is 627 g/mol. The topological polar surface area (TPSA) is 86.8 Å². The smallest absolute Gasteiger partial charge is 0.242 e. The Bertz CT molecular complexity index is 1220. The van der Waals surface area contributed by atoms with E-state index in [0.29, 0.717) is 22.7 Å². The Kier molecular flexibility index (Phi) is 11.1. The summed E-state index contributed by atoms with van der Waals surface area (Å²) in [5, 5.41) is 3.61. The quantitative estimate of drug-likeness (QED) is 0.340.